The number of nitrogens with one attached hydrogen (secondary N) is 1. The average Bonchev–Trinajstić information content (AvgIpc) is 2.56. The predicted octanol–water partition coefficient (Wildman–Crippen LogP) is 3.40. The molecule has 0 aromatic heterocycles. The lowest BCUT2D eigenvalue weighted by Gasteiger charge is -2.31. The minimum atomic E-state index is -0.102. The molecule has 3 nitrogen and oxygen atoms in total. The van der Waals surface area contributed by atoms with Gasteiger partial charge in [-0.15, -0.1) is 0 Å². The van der Waals surface area contributed by atoms with Crippen molar-refractivity contribution in [1.29, 1.82) is 0 Å². The zero-order chi connectivity index (χ0) is 14.5. The first-order valence-electron chi connectivity index (χ1n) is 7.13. The molecule has 1 aliphatic rings. The van der Waals surface area contributed by atoms with Gasteiger partial charge >= 0.3 is 0 Å². The van der Waals surface area contributed by atoms with Gasteiger partial charge in [0.15, 0.2) is 6.10 Å². The van der Waals surface area contributed by atoms with Crippen LogP contribution in [0.5, 0.6) is 5.75 Å². The number of benzene rings is 2. The summed E-state index contributed by atoms with van der Waals surface area (Å²) in [6, 6.07) is 18.4. The highest BCUT2D eigenvalue weighted by atomic mass is 124. The summed E-state index contributed by atoms with van der Waals surface area (Å²) in [7, 11) is 0. The van der Waals surface area contributed by atoms with Crippen LogP contribution in [0, 0.1) is 3.57 Å². The van der Waals surface area contributed by atoms with Gasteiger partial charge in [0.2, 0.25) is 0 Å². The van der Waals surface area contributed by atoms with Crippen LogP contribution in [0.15, 0.2) is 54.6 Å². The minimum Gasteiger partial charge on any atom is -0.482 e. The second-order valence-corrected chi connectivity index (χ2v) is 6.16. The van der Waals surface area contributed by atoms with Crippen LogP contribution in [0.25, 0.3) is 0 Å². The Balaban J connectivity index is 1.87. The van der Waals surface area contributed by atoms with E-state index in [1.807, 2.05) is 36.4 Å². The molecule has 4 heteroatoms. The van der Waals surface area contributed by atoms with Crippen molar-refractivity contribution in [3.63, 3.8) is 0 Å². The summed E-state index contributed by atoms with van der Waals surface area (Å²) in [5, 5.41) is 3.38. The van der Waals surface area contributed by atoms with Crippen LogP contribution in [0.2, 0.25) is 0 Å². The molecule has 0 aliphatic carbocycles. The Kier molecular flexibility index (Phi) is 5.11. The number of hydrogen-bond acceptors (Lipinski definition) is 3. The molecule has 1 saturated heterocycles. The summed E-state index contributed by atoms with van der Waals surface area (Å²) in [6.07, 6.45) is -0.0768. The first-order valence-corrected chi connectivity index (χ1v) is 8.21. The molecule has 1 N–H and O–H groups in total. The molecule has 0 radical (unpaired) electrons. The molecule has 3 rings (SSSR count). The molecule has 2 aromatic carbocycles. The third-order valence-corrected chi connectivity index (χ3v) is 4.40. The lowest BCUT2D eigenvalue weighted by Crippen LogP contribution is -2.43. The topological polar surface area (TPSA) is 30.5 Å². The Morgan fingerprint density at radius 2 is 1.86 bits per heavy atom. The first-order chi connectivity index (χ1) is 10.3. The number of halogens is 1. The molecular weight excluding hydrogens is 374 g/mol. The largest absolute Gasteiger partial charge is 0.482 e. The molecule has 0 bridgehead atoms. The van der Waals surface area contributed by atoms with Crippen molar-refractivity contribution < 1.29 is 9.47 Å². The lowest BCUT2D eigenvalue weighted by molar-refractivity contribution is -0.0435. The average molecular weight is 392 g/mol. The fraction of sp³-hybridized carbons (Fsp3) is 0.294. The van der Waals surface area contributed by atoms with E-state index in [-0.39, 0.29) is 12.2 Å². The number of ether oxygens (including phenoxy) is 2. The standard InChI is InChI=1S/C17H18INO2/c18-14-8-4-5-9-15(14)21-17(13-6-2-1-3-7-13)16-12-19-10-11-20-16/h1-9,16-17,19H,10-12H2/t16-,17-/m0/s1/i18-3. The fourth-order valence-electron chi connectivity index (χ4n) is 2.46. The smallest absolute Gasteiger partial charge is 0.151 e. The normalized spacial score (nSPS) is 20.0. The summed E-state index contributed by atoms with van der Waals surface area (Å²) >= 11 is 2.30. The third-order valence-electron chi connectivity index (χ3n) is 3.51. The van der Waals surface area contributed by atoms with Crippen LogP contribution in [0.4, 0.5) is 0 Å². The Labute approximate surface area is 138 Å². The number of morpholine rings is 1. The Morgan fingerprint density at radius 1 is 1.10 bits per heavy atom. The quantitative estimate of drug-likeness (QED) is 0.810. The number of para-hydroxylation sites is 1. The summed E-state index contributed by atoms with van der Waals surface area (Å²) in [5.41, 5.74) is 1.14. The van der Waals surface area contributed by atoms with Crippen molar-refractivity contribution in [2.75, 3.05) is 19.7 Å². The van der Waals surface area contributed by atoms with E-state index in [0.717, 1.165) is 34.6 Å². The molecule has 2 aromatic rings. The Hall–Kier alpha value is -1.11. The van der Waals surface area contributed by atoms with E-state index in [1.165, 1.54) is 0 Å². The van der Waals surface area contributed by atoms with E-state index in [0.29, 0.717) is 0 Å². The molecule has 1 heterocycles. The van der Waals surface area contributed by atoms with E-state index in [2.05, 4.69) is 46.1 Å². The molecule has 0 unspecified atom stereocenters. The van der Waals surface area contributed by atoms with Crippen LogP contribution in [0.1, 0.15) is 11.7 Å². The second kappa shape index (κ2) is 7.24. The lowest BCUT2D eigenvalue weighted by atomic mass is 10.0. The number of rotatable bonds is 4. The van der Waals surface area contributed by atoms with Crippen molar-refractivity contribution in [3.05, 3.63) is 63.7 Å². The van der Waals surface area contributed by atoms with Crippen LogP contribution in [0.3, 0.4) is 0 Å². The van der Waals surface area contributed by atoms with Crippen LogP contribution in [-0.2, 0) is 4.74 Å². The highest BCUT2D eigenvalue weighted by molar-refractivity contribution is 14.1. The highest BCUT2D eigenvalue weighted by Gasteiger charge is 2.28. The number of hydrogen-bond donors (Lipinski definition) is 1. The SMILES string of the molecule is [124I]c1ccccc1O[C@@H](c1ccccc1)[C@@H]1CNCCO1. The summed E-state index contributed by atoms with van der Waals surface area (Å²) in [4.78, 5) is 0. The van der Waals surface area contributed by atoms with Gasteiger partial charge in [0.25, 0.3) is 0 Å². The maximum atomic E-state index is 6.30. The van der Waals surface area contributed by atoms with E-state index < -0.39 is 0 Å². The maximum absolute atomic E-state index is 6.30. The zero-order valence-electron chi connectivity index (χ0n) is 11.7. The van der Waals surface area contributed by atoms with Crippen molar-refractivity contribution in [3.8, 4) is 5.75 Å². The monoisotopic (exact) mass is 392 g/mol. The molecule has 21 heavy (non-hydrogen) atoms. The van der Waals surface area contributed by atoms with E-state index in [9.17, 15) is 0 Å². The summed E-state index contributed by atoms with van der Waals surface area (Å²) < 4.78 is 13.3. The van der Waals surface area contributed by atoms with Crippen molar-refractivity contribution in [2.24, 2.45) is 0 Å². The van der Waals surface area contributed by atoms with E-state index in [1.54, 1.807) is 0 Å². The van der Waals surface area contributed by atoms with Gasteiger partial charge in [0.1, 0.15) is 11.9 Å². The fourth-order valence-corrected chi connectivity index (χ4v) is 2.97. The Morgan fingerprint density at radius 3 is 2.57 bits per heavy atom. The molecular formula is C17H18INO2. The van der Waals surface area contributed by atoms with Gasteiger partial charge in [0.05, 0.1) is 10.2 Å². The van der Waals surface area contributed by atoms with Crippen LogP contribution < -0.4 is 10.1 Å². The first kappa shape index (κ1) is 14.8. The molecule has 1 fully saturated rings. The van der Waals surface area contributed by atoms with E-state index in [4.69, 9.17) is 9.47 Å². The van der Waals surface area contributed by atoms with Crippen LogP contribution in [-0.4, -0.2) is 25.8 Å². The molecule has 0 amide bonds. The maximum Gasteiger partial charge on any atom is 0.151 e. The van der Waals surface area contributed by atoms with Gasteiger partial charge in [-0.2, -0.15) is 0 Å². The second-order valence-electron chi connectivity index (χ2n) is 4.99. The summed E-state index contributed by atoms with van der Waals surface area (Å²) in [6.45, 7) is 2.44. The molecule has 2 atom stereocenters. The summed E-state index contributed by atoms with van der Waals surface area (Å²) in [5.74, 6) is 0.904. The highest BCUT2D eigenvalue weighted by Crippen LogP contribution is 2.30. The van der Waals surface area contributed by atoms with Gasteiger partial charge in [-0.25, -0.2) is 0 Å². The van der Waals surface area contributed by atoms with Gasteiger partial charge < -0.3 is 14.8 Å². The van der Waals surface area contributed by atoms with Crippen LogP contribution >= 0.6 is 22.6 Å². The van der Waals surface area contributed by atoms with Gasteiger partial charge in [-0.1, -0.05) is 42.5 Å². The van der Waals surface area contributed by atoms with Crippen molar-refractivity contribution >= 4 is 22.6 Å². The van der Waals surface area contributed by atoms with Crippen molar-refractivity contribution in [2.45, 2.75) is 12.2 Å². The molecule has 110 valence electrons. The molecule has 0 saturated carbocycles. The zero-order valence-corrected chi connectivity index (χ0v) is 13.8. The van der Waals surface area contributed by atoms with Crippen molar-refractivity contribution in [1.82, 2.24) is 5.32 Å². The predicted molar refractivity (Wildman–Crippen MR) is 91.6 cm³/mol. The molecule has 0 spiro atoms. The minimum absolute atomic E-state index is 0.0251. The van der Waals surface area contributed by atoms with Gasteiger partial charge in [0, 0.05) is 13.1 Å². The van der Waals surface area contributed by atoms with Gasteiger partial charge in [-0.05, 0) is 40.3 Å². The third kappa shape index (κ3) is 3.75. The van der Waals surface area contributed by atoms with Gasteiger partial charge in [-0.3, -0.25) is 0 Å². The van der Waals surface area contributed by atoms with E-state index >= 15 is 0 Å². The molecule has 1 aliphatic heterocycles. The Bertz CT molecular complexity index is 570.